The van der Waals surface area contributed by atoms with Gasteiger partial charge in [0.1, 0.15) is 18.5 Å². The fourth-order valence-corrected chi connectivity index (χ4v) is 4.72. The number of benzene rings is 1. The van der Waals surface area contributed by atoms with Crippen molar-refractivity contribution >= 4 is 23.9 Å². The van der Waals surface area contributed by atoms with E-state index in [0.29, 0.717) is 28.2 Å². The standard InChI is InChI=1S/C17H12F3N5.C12H16BN3O2/c18-13-4-1-11(2-5-13)16-17(25(9-21-16)8-14(19)20)12-3-6-15-23-22-10-24(15)7-12;1-11(2)12(3,4)18-13(17-11)9-5-6-10-15-14-8-16(10)7-9/h1-7,9-10,14H,8H2;5-8H,1-4H3. The van der Waals surface area contributed by atoms with Crippen molar-refractivity contribution in [1.82, 2.24) is 38.7 Å². The van der Waals surface area contributed by atoms with E-state index in [1.807, 2.05) is 50.4 Å². The highest BCUT2D eigenvalue weighted by Gasteiger charge is 2.51. The topological polar surface area (TPSA) is 96.7 Å². The van der Waals surface area contributed by atoms with Gasteiger partial charge in [0.2, 0.25) is 0 Å². The molecule has 220 valence electrons. The van der Waals surface area contributed by atoms with Gasteiger partial charge in [0, 0.05) is 23.5 Å². The van der Waals surface area contributed by atoms with Crippen LogP contribution in [0.1, 0.15) is 27.7 Å². The molecule has 0 N–H and O–H groups in total. The average Bonchev–Trinajstić information content (AvgIpc) is 3.74. The molecule has 14 heteroatoms. The molecule has 1 aliphatic rings. The zero-order valence-corrected chi connectivity index (χ0v) is 23.9. The lowest BCUT2D eigenvalue weighted by Gasteiger charge is -2.32. The fourth-order valence-electron chi connectivity index (χ4n) is 4.72. The summed E-state index contributed by atoms with van der Waals surface area (Å²) in [4.78, 5) is 4.28. The molecule has 0 radical (unpaired) electrons. The van der Waals surface area contributed by atoms with E-state index in [4.69, 9.17) is 9.31 Å². The first-order valence-corrected chi connectivity index (χ1v) is 13.5. The zero-order valence-electron chi connectivity index (χ0n) is 23.9. The maximum atomic E-state index is 13.2. The fraction of sp³-hybridized carbons (Fsp3) is 0.276. The number of rotatable bonds is 5. The number of hydrogen-bond donors (Lipinski definition) is 0. The van der Waals surface area contributed by atoms with Gasteiger partial charge >= 0.3 is 7.12 Å². The van der Waals surface area contributed by atoms with Gasteiger partial charge in [-0.05, 0) is 75.6 Å². The molecule has 0 bridgehead atoms. The van der Waals surface area contributed by atoms with Crippen LogP contribution in [0, 0.1) is 5.82 Å². The van der Waals surface area contributed by atoms with Gasteiger partial charge in [0.25, 0.3) is 6.43 Å². The molecule has 6 heterocycles. The summed E-state index contributed by atoms with van der Waals surface area (Å²) in [5.41, 5.74) is 4.16. The van der Waals surface area contributed by atoms with Crippen molar-refractivity contribution in [2.45, 2.75) is 51.9 Å². The first kappa shape index (κ1) is 28.6. The highest BCUT2D eigenvalue weighted by Crippen LogP contribution is 2.36. The molecule has 7 rings (SSSR count). The van der Waals surface area contributed by atoms with Gasteiger partial charge in [-0.2, -0.15) is 0 Å². The molecule has 5 aromatic heterocycles. The third-order valence-corrected chi connectivity index (χ3v) is 7.69. The summed E-state index contributed by atoms with van der Waals surface area (Å²) in [6.07, 6.45) is 5.75. The predicted molar refractivity (Wildman–Crippen MR) is 154 cm³/mol. The molecule has 1 saturated heterocycles. The Bertz CT molecular complexity index is 1870. The number of pyridine rings is 2. The molecular weight excluding hydrogens is 560 g/mol. The van der Waals surface area contributed by atoms with Crippen LogP contribution in [0.15, 0.2) is 79.9 Å². The molecule has 0 saturated carbocycles. The number of halogens is 3. The van der Waals surface area contributed by atoms with Crippen molar-refractivity contribution < 1.29 is 22.5 Å². The zero-order chi connectivity index (χ0) is 30.4. The summed E-state index contributed by atoms with van der Waals surface area (Å²) in [5, 5.41) is 15.6. The van der Waals surface area contributed by atoms with Crippen LogP contribution in [-0.4, -0.2) is 63.5 Å². The molecule has 1 aliphatic heterocycles. The van der Waals surface area contributed by atoms with Gasteiger partial charge < -0.3 is 13.9 Å². The Morgan fingerprint density at radius 2 is 1.35 bits per heavy atom. The van der Waals surface area contributed by atoms with E-state index in [1.165, 1.54) is 29.4 Å². The Morgan fingerprint density at radius 3 is 1.98 bits per heavy atom. The Morgan fingerprint density at radius 1 is 0.767 bits per heavy atom. The van der Waals surface area contributed by atoms with Crippen LogP contribution in [0.5, 0.6) is 0 Å². The second-order valence-electron chi connectivity index (χ2n) is 11.2. The van der Waals surface area contributed by atoms with Gasteiger partial charge in [-0.1, -0.05) is 6.07 Å². The normalized spacial score (nSPS) is 15.8. The lowest BCUT2D eigenvalue weighted by atomic mass is 9.80. The van der Waals surface area contributed by atoms with Crippen LogP contribution in [0.25, 0.3) is 33.8 Å². The van der Waals surface area contributed by atoms with Crippen molar-refractivity contribution in [3.63, 3.8) is 0 Å². The molecule has 6 aromatic rings. The molecule has 0 spiro atoms. The highest BCUT2D eigenvalue weighted by molar-refractivity contribution is 6.62. The molecule has 1 aromatic carbocycles. The summed E-state index contributed by atoms with van der Waals surface area (Å²) in [5.74, 6) is -0.372. The second kappa shape index (κ2) is 10.9. The molecule has 0 aliphatic carbocycles. The molecule has 10 nitrogen and oxygen atoms in total. The van der Waals surface area contributed by atoms with Gasteiger partial charge in [-0.3, -0.25) is 8.80 Å². The second-order valence-corrected chi connectivity index (χ2v) is 11.2. The summed E-state index contributed by atoms with van der Waals surface area (Å²) in [6.45, 7) is 7.70. The number of imidazole rings is 1. The van der Waals surface area contributed by atoms with Gasteiger partial charge in [0.15, 0.2) is 11.3 Å². The Balaban J connectivity index is 0.000000162. The molecule has 1 fully saturated rings. The predicted octanol–water partition coefficient (Wildman–Crippen LogP) is 4.69. The number of fused-ring (bicyclic) bond motifs is 2. The van der Waals surface area contributed by atoms with Crippen molar-refractivity contribution in [3.05, 3.63) is 85.7 Å². The number of hydrogen-bond acceptors (Lipinski definition) is 7. The number of nitrogens with zero attached hydrogens (tertiary/aromatic N) is 8. The Kier molecular flexibility index (Phi) is 7.26. The summed E-state index contributed by atoms with van der Waals surface area (Å²) in [6, 6.07) is 13.2. The Labute approximate surface area is 245 Å². The molecule has 43 heavy (non-hydrogen) atoms. The lowest BCUT2D eigenvalue weighted by molar-refractivity contribution is 0.00578. The Hall–Kier alpha value is -4.56. The van der Waals surface area contributed by atoms with Gasteiger partial charge in [-0.25, -0.2) is 18.2 Å². The van der Waals surface area contributed by atoms with E-state index in [-0.39, 0.29) is 24.1 Å². The van der Waals surface area contributed by atoms with Crippen LogP contribution >= 0.6 is 0 Å². The van der Waals surface area contributed by atoms with Gasteiger partial charge in [0.05, 0.1) is 35.5 Å². The number of alkyl halides is 2. The van der Waals surface area contributed by atoms with Crippen molar-refractivity contribution in [2.75, 3.05) is 0 Å². The molecule has 0 amide bonds. The third kappa shape index (κ3) is 5.63. The molecule has 0 atom stereocenters. The largest absolute Gasteiger partial charge is 0.496 e. The van der Waals surface area contributed by atoms with Crippen LogP contribution in [0.3, 0.4) is 0 Å². The maximum Gasteiger partial charge on any atom is 0.496 e. The summed E-state index contributed by atoms with van der Waals surface area (Å²) in [7, 11) is -0.346. The molecule has 0 unspecified atom stereocenters. The van der Waals surface area contributed by atoms with E-state index in [1.54, 1.807) is 41.2 Å². The van der Waals surface area contributed by atoms with E-state index >= 15 is 0 Å². The van der Waals surface area contributed by atoms with Gasteiger partial charge in [-0.15, -0.1) is 20.4 Å². The lowest BCUT2D eigenvalue weighted by Crippen LogP contribution is -2.41. The summed E-state index contributed by atoms with van der Waals surface area (Å²) < 4.78 is 56.1. The van der Waals surface area contributed by atoms with Crippen LogP contribution < -0.4 is 5.46 Å². The minimum absolute atomic E-state index is 0.320. The first-order valence-electron chi connectivity index (χ1n) is 13.5. The highest BCUT2D eigenvalue weighted by atomic mass is 19.3. The number of aromatic nitrogens is 8. The summed E-state index contributed by atoms with van der Waals surface area (Å²) >= 11 is 0. The van der Waals surface area contributed by atoms with Crippen LogP contribution in [0.4, 0.5) is 13.2 Å². The quantitative estimate of drug-likeness (QED) is 0.270. The SMILES string of the molecule is CC1(C)OB(c2ccc3nncn3c2)OC1(C)C.Fc1ccc(-c2ncn(CC(F)F)c2-c2ccc3nncn3c2)cc1. The smallest absolute Gasteiger partial charge is 0.399 e. The van der Waals surface area contributed by atoms with Crippen molar-refractivity contribution in [1.29, 1.82) is 0 Å². The maximum absolute atomic E-state index is 13.2. The van der Waals surface area contributed by atoms with Crippen LogP contribution in [0.2, 0.25) is 0 Å². The van der Waals surface area contributed by atoms with Crippen LogP contribution in [-0.2, 0) is 15.9 Å². The molecular formula is C29H28BF3N8O2. The minimum atomic E-state index is -2.52. The van der Waals surface area contributed by atoms with Crippen molar-refractivity contribution in [2.24, 2.45) is 0 Å². The van der Waals surface area contributed by atoms with E-state index in [0.717, 1.165) is 11.1 Å². The monoisotopic (exact) mass is 588 g/mol. The van der Waals surface area contributed by atoms with Crippen molar-refractivity contribution in [3.8, 4) is 22.5 Å². The van der Waals surface area contributed by atoms with E-state index < -0.39 is 13.0 Å². The third-order valence-electron chi connectivity index (χ3n) is 7.69. The van der Waals surface area contributed by atoms with E-state index in [9.17, 15) is 13.2 Å². The first-order chi connectivity index (χ1) is 20.5. The minimum Gasteiger partial charge on any atom is -0.399 e. The average molecular weight is 588 g/mol. The van der Waals surface area contributed by atoms with E-state index in [2.05, 4.69) is 25.4 Å².